The molecule has 0 atom stereocenters. The first-order valence-electron chi connectivity index (χ1n) is 7.02. The average Bonchev–Trinajstić information content (AvgIpc) is 2.57. The number of carbonyl (C=O) groups is 1. The van der Waals surface area contributed by atoms with Crippen molar-refractivity contribution in [3.63, 3.8) is 0 Å². The highest BCUT2D eigenvalue weighted by atomic mass is 79.9. The van der Waals surface area contributed by atoms with E-state index in [1.165, 1.54) is 30.6 Å². The van der Waals surface area contributed by atoms with Crippen LogP contribution >= 0.6 is 15.9 Å². The van der Waals surface area contributed by atoms with E-state index >= 15 is 0 Å². The molecule has 0 aliphatic heterocycles. The molecule has 7 heteroatoms. The Morgan fingerprint density at radius 2 is 1.71 bits per heavy atom. The smallest absolute Gasteiger partial charge is 0.258 e. The van der Waals surface area contributed by atoms with Crippen LogP contribution in [0.15, 0.2) is 65.4 Å². The van der Waals surface area contributed by atoms with Gasteiger partial charge in [-0.1, -0.05) is 22.0 Å². The van der Waals surface area contributed by atoms with Crippen molar-refractivity contribution < 1.29 is 9.18 Å². The summed E-state index contributed by atoms with van der Waals surface area (Å²) >= 11 is 3.36. The van der Waals surface area contributed by atoms with Crippen LogP contribution in [0.3, 0.4) is 0 Å². The summed E-state index contributed by atoms with van der Waals surface area (Å²) in [7, 11) is 0. The lowest BCUT2D eigenvalue weighted by atomic mass is 10.2. The Morgan fingerprint density at radius 3 is 2.38 bits per heavy atom. The number of amides is 1. The van der Waals surface area contributed by atoms with Crippen LogP contribution in [0.2, 0.25) is 0 Å². The van der Waals surface area contributed by atoms with Gasteiger partial charge in [-0.05, 0) is 42.5 Å². The van der Waals surface area contributed by atoms with Crippen molar-refractivity contribution in [1.82, 2.24) is 9.97 Å². The van der Waals surface area contributed by atoms with Crippen molar-refractivity contribution in [3.8, 4) is 0 Å². The second-order valence-electron chi connectivity index (χ2n) is 4.89. The SMILES string of the molecule is O=C(Nc1cccc(F)c1)c1cnc(Nc2ccc(Br)cc2)nc1. The average molecular weight is 387 g/mol. The van der Waals surface area contributed by atoms with Crippen molar-refractivity contribution in [2.75, 3.05) is 10.6 Å². The van der Waals surface area contributed by atoms with Crippen LogP contribution in [0.25, 0.3) is 0 Å². The first-order chi connectivity index (χ1) is 11.6. The molecule has 0 fully saturated rings. The molecule has 1 aromatic heterocycles. The first kappa shape index (κ1) is 16.1. The lowest BCUT2D eigenvalue weighted by Gasteiger charge is -2.07. The number of nitrogens with zero attached hydrogens (tertiary/aromatic N) is 2. The third-order valence-corrected chi connectivity index (χ3v) is 3.63. The zero-order valence-electron chi connectivity index (χ0n) is 12.3. The molecule has 24 heavy (non-hydrogen) atoms. The van der Waals surface area contributed by atoms with Gasteiger partial charge in [0.1, 0.15) is 5.82 Å². The van der Waals surface area contributed by atoms with Gasteiger partial charge < -0.3 is 10.6 Å². The first-order valence-corrected chi connectivity index (χ1v) is 7.81. The zero-order valence-corrected chi connectivity index (χ0v) is 13.9. The summed E-state index contributed by atoms with van der Waals surface area (Å²) in [5.74, 6) is -0.450. The molecule has 0 radical (unpaired) electrons. The van der Waals surface area contributed by atoms with Gasteiger partial charge in [0, 0.05) is 28.2 Å². The fraction of sp³-hybridized carbons (Fsp3) is 0. The highest BCUT2D eigenvalue weighted by Crippen LogP contribution is 2.17. The number of hydrogen-bond acceptors (Lipinski definition) is 4. The lowest BCUT2D eigenvalue weighted by molar-refractivity contribution is 0.102. The van der Waals surface area contributed by atoms with Gasteiger partial charge in [-0.2, -0.15) is 0 Å². The molecule has 1 amide bonds. The Bertz CT molecular complexity index is 853. The van der Waals surface area contributed by atoms with Gasteiger partial charge in [0.05, 0.1) is 5.56 Å². The third-order valence-electron chi connectivity index (χ3n) is 3.10. The van der Waals surface area contributed by atoms with Crippen molar-refractivity contribution in [2.45, 2.75) is 0 Å². The van der Waals surface area contributed by atoms with Crippen LogP contribution < -0.4 is 10.6 Å². The van der Waals surface area contributed by atoms with Gasteiger partial charge in [0.25, 0.3) is 5.91 Å². The summed E-state index contributed by atoms with van der Waals surface area (Å²) in [6.07, 6.45) is 2.81. The van der Waals surface area contributed by atoms with Crippen LogP contribution in [-0.2, 0) is 0 Å². The Hall–Kier alpha value is -2.80. The maximum absolute atomic E-state index is 13.1. The molecule has 0 aliphatic rings. The Labute approximate surface area is 146 Å². The summed E-state index contributed by atoms with van der Waals surface area (Å²) in [6, 6.07) is 13.2. The predicted octanol–water partition coefficient (Wildman–Crippen LogP) is 4.37. The summed E-state index contributed by atoms with van der Waals surface area (Å²) in [5, 5.41) is 5.62. The van der Waals surface area contributed by atoms with E-state index in [2.05, 4.69) is 36.5 Å². The molecule has 3 aromatic rings. The summed E-state index contributed by atoms with van der Waals surface area (Å²) < 4.78 is 14.1. The number of nitrogens with one attached hydrogen (secondary N) is 2. The van der Waals surface area contributed by atoms with Crippen molar-refractivity contribution in [1.29, 1.82) is 0 Å². The predicted molar refractivity (Wildman–Crippen MR) is 93.8 cm³/mol. The Kier molecular flexibility index (Phi) is 4.81. The lowest BCUT2D eigenvalue weighted by Crippen LogP contribution is -2.13. The normalized spacial score (nSPS) is 10.2. The van der Waals surface area contributed by atoms with E-state index in [1.807, 2.05) is 24.3 Å². The third kappa shape index (κ3) is 4.14. The standard InChI is InChI=1S/C17H12BrFN4O/c18-12-4-6-14(7-5-12)23-17-20-9-11(10-21-17)16(24)22-15-3-1-2-13(19)8-15/h1-10H,(H,22,24)(H,20,21,23). The van der Waals surface area contributed by atoms with Gasteiger partial charge in [0.15, 0.2) is 0 Å². The monoisotopic (exact) mass is 386 g/mol. The van der Waals surface area contributed by atoms with Gasteiger partial charge in [0.2, 0.25) is 5.95 Å². The topological polar surface area (TPSA) is 66.9 Å². The maximum atomic E-state index is 13.1. The quantitative estimate of drug-likeness (QED) is 0.698. The fourth-order valence-electron chi connectivity index (χ4n) is 1.94. The zero-order chi connectivity index (χ0) is 16.9. The minimum atomic E-state index is -0.418. The number of halogens is 2. The second-order valence-corrected chi connectivity index (χ2v) is 5.81. The summed E-state index contributed by atoms with van der Waals surface area (Å²) in [5.41, 5.74) is 1.48. The van der Waals surface area contributed by atoms with Gasteiger partial charge in [-0.15, -0.1) is 0 Å². The second kappa shape index (κ2) is 7.18. The minimum Gasteiger partial charge on any atom is -0.324 e. The van der Waals surface area contributed by atoms with E-state index < -0.39 is 11.7 Å². The molecular formula is C17H12BrFN4O. The van der Waals surface area contributed by atoms with E-state index in [-0.39, 0.29) is 5.56 Å². The van der Waals surface area contributed by atoms with Crippen LogP contribution in [0.5, 0.6) is 0 Å². The molecule has 0 aliphatic carbocycles. The molecule has 0 saturated heterocycles. The number of benzene rings is 2. The van der Waals surface area contributed by atoms with E-state index in [1.54, 1.807) is 6.07 Å². The minimum absolute atomic E-state index is 0.278. The highest BCUT2D eigenvalue weighted by molar-refractivity contribution is 9.10. The molecule has 3 rings (SSSR count). The molecule has 0 saturated carbocycles. The molecular weight excluding hydrogens is 375 g/mol. The molecule has 1 heterocycles. The number of anilines is 3. The van der Waals surface area contributed by atoms with Gasteiger partial charge >= 0.3 is 0 Å². The van der Waals surface area contributed by atoms with Crippen LogP contribution in [0.1, 0.15) is 10.4 Å². The van der Waals surface area contributed by atoms with E-state index in [9.17, 15) is 9.18 Å². The Balaban J connectivity index is 1.67. The molecule has 2 N–H and O–H groups in total. The molecule has 120 valence electrons. The van der Waals surface area contributed by atoms with Crippen molar-refractivity contribution in [3.05, 3.63) is 76.8 Å². The van der Waals surface area contributed by atoms with E-state index in [0.717, 1.165) is 10.2 Å². The van der Waals surface area contributed by atoms with E-state index in [4.69, 9.17) is 0 Å². The Morgan fingerprint density at radius 1 is 1.00 bits per heavy atom. The number of aromatic nitrogens is 2. The number of carbonyl (C=O) groups excluding carboxylic acids is 1. The number of hydrogen-bond donors (Lipinski definition) is 2. The van der Waals surface area contributed by atoms with Gasteiger partial charge in [-0.3, -0.25) is 4.79 Å². The molecule has 0 bridgehead atoms. The fourth-order valence-corrected chi connectivity index (χ4v) is 2.21. The molecule has 2 aromatic carbocycles. The van der Waals surface area contributed by atoms with Crippen molar-refractivity contribution in [2.24, 2.45) is 0 Å². The van der Waals surface area contributed by atoms with Crippen LogP contribution in [0, 0.1) is 5.82 Å². The summed E-state index contributed by atoms with van der Waals surface area (Å²) in [6.45, 7) is 0. The molecule has 0 unspecified atom stereocenters. The molecule has 0 spiro atoms. The van der Waals surface area contributed by atoms with E-state index in [0.29, 0.717) is 11.6 Å². The largest absolute Gasteiger partial charge is 0.324 e. The van der Waals surface area contributed by atoms with Crippen LogP contribution in [0.4, 0.5) is 21.7 Å². The summed E-state index contributed by atoms with van der Waals surface area (Å²) in [4.78, 5) is 20.3. The van der Waals surface area contributed by atoms with Crippen molar-refractivity contribution >= 4 is 39.2 Å². The maximum Gasteiger partial charge on any atom is 0.258 e. The highest BCUT2D eigenvalue weighted by Gasteiger charge is 2.08. The van der Waals surface area contributed by atoms with Gasteiger partial charge in [-0.25, -0.2) is 14.4 Å². The van der Waals surface area contributed by atoms with Crippen LogP contribution in [-0.4, -0.2) is 15.9 Å². The number of rotatable bonds is 4. The molecule has 5 nitrogen and oxygen atoms in total.